The van der Waals surface area contributed by atoms with Crippen molar-refractivity contribution in [3.05, 3.63) is 169 Å². The van der Waals surface area contributed by atoms with E-state index in [4.69, 9.17) is 0 Å². The van der Waals surface area contributed by atoms with Crippen molar-refractivity contribution in [3.8, 4) is 11.1 Å². The van der Waals surface area contributed by atoms with Gasteiger partial charge in [-0.2, -0.15) is 0 Å². The van der Waals surface area contributed by atoms with Gasteiger partial charge in [0, 0.05) is 47.3 Å². The number of hydrogen-bond acceptors (Lipinski definition) is 4. The van der Waals surface area contributed by atoms with Gasteiger partial charge in [-0.25, -0.2) is 0 Å². The van der Waals surface area contributed by atoms with Crippen LogP contribution in [0.2, 0.25) is 0 Å². The molecule has 6 rings (SSSR count). The molecule has 0 amide bonds. The summed E-state index contributed by atoms with van der Waals surface area (Å²) in [6, 6.07) is 54.9. The summed E-state index contributed by atoms with van der Waals surface area (Å²) in [6.07, 6.45) is 1.30. The van der Waals surface area contributed by atoms with Gasteiger partial charge < -0.3 is 20.0 Å². The van der Waals surface area contributed by atoms with E-state index in [1.165, 1.54) is 0 Å². The van der Waals surface area contributed by atoms with E-state index in [1.807, 2.05) is 12.1 Å². The first-order valence-corrected chi connectivity index (χ1v) is 15.0. The number of aliphatic hydroxyl groups excluding tert-OH is 2. The third kappa shape index (κ3) is 6.57. The van der Waals surface area contributed by atoms with Crippen molar-refractivity contribution >= 4 is 34.1 Å². The number of anilines is 6. The normalized spacial score (nSPS) is 10.9. The topological polar surface area (TPSA) is 46.9 Å². The summed E-state index contributed by atoms with van der Waals surface area (Å²) in [5.41, 5.74) is 11.0. The molecule has 0 bridgehead atoms. The van der Waals surface area contributed by atoms with Gasteiger partial charge in [-0.15, -0.1) is 0 Å². The first-order chi connectivity index (χ1) is 21.7. The predicted octanol–water partition coefficient (Wildman–Crippen LogP) is 9.36. The van der Waals surface area contributed by atoms with Gasteiger partial charge in [0.2, 0.25) is 0 Å². The molecule has 2 N–H and O–H groups in total. The summed E-state index contributed by atoms with van der Waals surface area (Å²) in [4.78, 5) is 4.50. The summed E-state index contributed by atoms with van der Waals surface area (Å²) in [5.74, 6) is 0. The molecule has 0 unspecified atom stereocenters. The van der Waals surface area contributed by atoms with Gasteiger partial charge in [-0.05, 0) is 108 Å². The lowest BCUT2D eigenvalue weighted by molar-refractivity contribution is 0.299. The quantitative estimate of drug-likeness (QED) is 0.161. The molecule has 0 heterocycles. The van der Waals surface area contributed by atoms with Crippen LogP contribution >= 0.6 is 0 Å². The van der Waals surface area contributed by atoms with Crippen molar-refractivity contribution in [1.82, 2.24) is 0 Å². The van der Waals surface area contributed by atoms with Gasteiger partial charge in [-0.3, -0.25) is 0 Å². The van der Waals surface area contributed by atoms with Crippen molar-refractivity contribution in [3.63, 3.8) is 0 Å². The van der Waals surface area contributed by atoms with Crippen molar-refractivity contribution in [2.75, 3.05) is 23.0 Å². The third-order valence-corrected chi connectivity index (χ3v) is 7.80. The van der Waals surface area contributed by atoms with Crippen LogP contribution in [0.1, 0.15) is 11.1 Å². The van der Waals surface area contributed by atoms with Crippen molar-refractivity contribution < 1.29 is 10.2 Å². The van der Waals surface area contributed by atoms with Crippen molar-refractivity contribution in [1.29, 1.82) is 0 Å². The lowest BCUT2D eigenvalue weighted by Gasteiger charge is -2.26. The molecule has 0 spiro atoms. The smallest absolute Gasteiger partial charge is 0.0471 e. The molecular weight excluding hydrogens is 540 g/mol. The SMILES string of the molecule is OCCc1ccc(N(c2ccccc2)c2ccc(-c3ccc(N(c4ccccc4)c4ccc(CCO)cc4)cc3)cc2)cc1. The first kappa shape index (κ1) is 28.9. The Hall–Kier alpha value is -5.16. The Labute approximate surface area is 259 Å². The van der Waals surface area contributed by atoms with E-state index in [-0.39, 0.29) is 13.2 Å². The zero-order chi connectivity index (χ0) is 30.1. The van der Waals surface area contributed by atoms with Crippen LogP contribution in [0.4, 0.5) is 34.1 Å². The van der Waals surface area contributed by atoms with Gasteiger partial charge in [0.1, 0.15) is 0 Å². The number of benzene rings is 6. The van der Waals surface area contributed by atoms with E-state index in [1.54, 1.807) is 0 Å². The lowest BCUT2D eigenvalue weighted by atomic mass is 10.0. The predicted molar refractivity (Wildman–Crippen MR) is 183 cm³/mol. The minimum absolute atomic E-state index is 0.146. The van der Waals surface area contributed by atoms with Crippen LogP contribution < -0.4 is 9.80 Å². The molecule has 0 saturated carbocycles. The Morgan fingerprint density at radius 1 is 0.318 bits per heavy atom. The molecule has 4 heteroatoms. The monoisotopic (exact) mass is 576 g/mol. The van der Waals surface area contributed by atoms with E-state index in [2.05, 4.69) is 155 Å². The van der Waals surface area contributed by atoms with Gasteiger partial charge in [-0.1, -0.05) is 84.9 Å². The second-order valence-electron chi connectivity index (χ2n) is 10.7. The second kappa shape index (κ2) is 13.9. The molecule has 44 heavy (non-hydrogen) atoms. The molecule has 0 fully saturated rings. The maximum Gasteiger partial charge on any atom is 0.0471 e. The van der Waals surface area contributed by atoms with E-state index in [0.717, 1.165) is 56.4 Å². The van der Waals surface area contributed by atoms with Crippen LogP contribution in [-0.2, 0) is 12.8 Å². The molecule has 0 aliphatic carbocycles. The highest BCUT2D eigenvalue weighted by Crippen LogP contribution is 2.38. The van der Waals surface area contributed by atoms with Gasteiger partial charge in [0.25, 0.3) is 0 Å². The minimum Gasteiger partial charge on any atom is -0.396 e. The van der Waals surface area contributed by atoms with Gasteiger partial charge in [0.05, 0.1) is 0 Å². The highest BCUT2D eigenvalue weighted by Gasteiger charge is 2.14. The zero-order valence-corrected chi connectivity index (χ0v) is 24.6. The molecule has 0 saturated heterocycles. The number of aliphatic hydroxyl groups is 2. The molecule has 0 radical (unpaired) electrons. The van der Waals surface area contributed by atoms with E-state index >= 15 is 0 Å². The fourth-order valence-corrected chi connectivity index (χ4v) is 5.54. The largest absolute Gasteiger partial charge is 0.396 e. The average molecular weight is 577 g/mol. The Morgan fingerprint density at radius 3 is 0.886 bits per heavy atom. The number of hydrogen-bond donors (Lipinski definition) is 2. The summed E-state index contributed by atoms with van der Waals surface area (Å²) in [5, 5.41) is 18.7. The van der Waals surface area contributed by atoms with E-state index in [9.17, 15) is 10.2 Å². The molecule has 218 valence electrons. The minimum atomic E-state index is 0.146. The number of para-hydroxylation sites is 2. The number of nitrogens with zero attached hydrogens (tertiary/aromatic N) is 2. The van der Waals surface area contributed by atoms with Crippen LogP contribution in [0.25, 0.3) is 11.1 Å². The van der Waals surface area contributed by atoms with Crippen LogP contribution in [0.15, 0.2) is 158 Å². The fraction of sp³-hybridized carbons (Fsp3) is 0.100. The second-order valence-corrected chi connectivity index (χ2v) is 10.7. The molecule has 0 atom stereocenters. The highest BCUT2D eigenvalue weighted by atomic mass is 16.3. The highest BCUT2D eigenvalue weighted by molar-refractivity contribution is 5.80. The van der Waals surface area contributed by atoms with Crippen molar-refractivity contribution in [2.24, 2.45) is 0 Å². The summed E-state index contributed by atoms with van der Waals surface area (Å²) < 4.78 is 0. The lowest BCUT2D eigenvalue weighted by Crippen LogP contribution is -2.10. The molecule has 4 nitrogen and oxygen atoms in total. The Balaban J connectivity index is 1.28. The summed E-state index contributed by atoms with van der Waals surface area (Å²) in [7, 11) is 0. The molecule has 6 aromatic rings. The van der Waals surface area contributed by atoms with Crippen molar-refractivity contribution in [2.45, 2.75) is 12.8 Å². The third-order valence-electron chi connectivity index (χ3n) is 7.80. The van der Waals surface area contributed by atoms with Crippen LogP contribution in [-0.4, -0.2) is 23.4 Å². The molecule has 6 aromatic carbocycles. The molecule has 0 aliphatic heterocycles. The average Bonchev–Trinajstić information content (AvgIpc) is 3.09. The maximum atomic E-state index is 9.33. The van der Waals surface area contributed by atoms with E-state index < -0.39 is 0 Å². The maximum absolute atomic E-state index is 9.33. The standard InChI is InChI=1S/C40H36N2O2/c43-29-27-31-11-19-37(20-12-31)41(35-7-3-1-4-8-35)39-23-15-33(16-24-39)34-17-25-40(26-18-34)42(36-9-5-2-6-10-36)38-21-13-32(14-22-38)28-30-44/h1-26,43-44H,27-30H2. The van der Waals surface area contributed by atoms with Crippen LogP contribution in [0.3, 0.4) is 0 Å². The zero-order valence-electron chi connectivity index (χ0n) is 24.6. The fourth-order valence-electron chi connectivity index (χ4n) is 5.54. The van der Waals surface area contributed by atoms with Gasteiger partial charge in [0.15, 0.2) is 0 Å². The molecular formula is C40H36N2O2. The van der Waals surface area contributed by atoms with E-state index in [0.29, 0.717) is 12.8 Å². The Bertz CT molecular complexity index is 1600. The summed E-state index contributed by atoms with van der Waals surface area (Å²) in [6.45, 7) is 0.292. The Morgan fingerprint density at radius 2 is 0.591 bits per heavy atom. The number of rotatable bonds is 11. The summed E-state index contributed by atoms with van der Waals surface area (Å²) >= 11 is 0. The Kier molecular flexibility index (Phi) is 9.12. The first-order valence-electron chi connectivity index (χ1n) is 15.0. The van der Waals surface area contributed by atoms with Crippen LogP contribution in [0, 0.1) is 0 Å². The van der Waals surface area contributed by atoms with Gasteiger partial charge >= 0.3 is 0 Å². The van der Waals surface area contributed by atoms with Crippen LogP contribution in [0.5, 0.6) is 0 Å². The molecule has 0 aliphatic rings. The molecule has 0 aromatic heterocycles.